The average Bonchev–Trinajstić information content (AvgIpc) is 2.52. The van der Waals surface area contributed by atoms with Gasteiger partial charge in [0.1, 0.15) is 0 Å². The molecule has 0 radical (unpaired) electrons. The van der Waals surface area contributed by atoms with Crippen molar-refractivity contribution >= 4 is 33.0 Å². The molecule has 3 N–H and O–H groups in total. The Labute approximate surface area is 155 Å². The van der Waals surface area contributed by atoms with Crippen LogP contribution < -0.4 is 10.5 Å². The molecule has 0 unspecified atom stereocenters. The Morgan fingerprint density at radius 2 is 1.60 bits per heavy atom. The van der Waals surface area contributed by atoms with Crippen LogP contribution in [0.25, 0.3) is 0 Å². The summed E-state index contributed by atoms with van der Waals surface area (Å²) in [6.07, 6.45) is 7.97. The highest BCUT2D eigenvalue weighted by Gasteiger charge is 2.53. The Hall–Kier alpha value is -1.18. The number of benzene rings is 1. The third kappa shape index (κ3) is 3.17. The first-order valence-corrected chi connectivity index (χ1v) is 10.9. The summed E-state index contributed by atoms with van der Waals surface area (Å²) in [6, 6.07) is 6.43. The summed E-state index contributed by atoms with van der Waals surface area (Å²) < 4.78 is 22.7. The second-order valence-electron chi connectivity index (χ2n) is 8.20. The van der Waals surface area contributed by atoms with Gasteiger partial charge in [-0.25, -0.2) is 13.6 Å². The maximum absolute atomic E-state index is 11.4. The molecule has 0 aliphatic heterocycles. The molecular weight excluding hydrogens is 354 g/mol. The standard InChI is InChI=1S/C18H25N3O2S2/c1-21(18-9-12-6-13(10-18)8-14(7-12)11-18)17(24)20-15-2-4-16(5-3-15)25(19,22)23/h2-5,12-14H,6-11H2,1H3,(H,20,24)(H2,19,22,23). The summed E-state index contributed by atoms with van der Waals surface area (Å²) in [5.74, 6) is 2.60. The van der Waals surface area contributed by atoms with Gasteiger partial charge in [-0.05, 0) is 92.8 Å². The second kappa shape index (κ2) is 5.93. The Morgan fingerprint density at radius 1 is 1.12 bits per heavy atom. The van der Waals surface area contributed by atoms with Crippen LogP contribution in [0.15, 0.2) is 29.2 Å². The number of primary sulfonamides is 1. The third-order valence-corrected chi connectivity index (χ3v) is 7.76. The minimum Gasteiger partial charge on any atom is -0.346 e. The van der Waals surface area contributed by atoms with Gasteiger partial charge in [-0.3, -0.25) is 0 Å². The first-order chi connectivity index (χ1) is 11.7. The molecule has 1 aromatic carbocycles. The van der Waals surface area contributed by atoms with Crippen LogP contribution in [-0.2, 0) is 10.0 Å². The van der Waals surface area contributed by atoms with E-state index in [1.165, 1.54) is 50.7 Å². The Bertz CT molecular complexity index is 754. The molecule has 0 spiro atoms. The number of sulfonamides is 1. The molecule has 1 aromatic rings. The van der Waals surface area contributed by atoms with E-state index in [2.05, 4.69) is 17.3 Å². The van der Waals surface area contributed by atoms with Crippen LogP contribution in [0.4, 0.5) is 5.69 Å². The number of hydrogen-bond donors (Lipinski definition) is 2. The van der Waals surface area contributed by atoms with Crippen molar-refractivity contribution in [2.75, 3.05) is 12.4 Å². The van der Waals surface area contributed by atoms with Crippen LogP contribution in [0.5, 0.6) is 0 Å². The topological polar surface area (TPSA) is 75.4 Å². The lowest BCUT2D eigenvalue weighted by atomic mass is 9.52. The van der Waals surface area contributed by atoms with E-state index in [9.17, 15) is 8.42 Å². The Morgan fingerprint density at radius 3 is 2.04 bits per heavy atom. The van der Waals surface area contributed by atoms with E-state index in [-0.39, 0.29) is 10.4 Å². The maximum atomic E-state index is 11.4. The first-order valence-electron chi connectivity index (χ1n) is 8.93. The third-order valence-electron chi connectivity index (χ3n) is 6.46. The monoisotopic (exact) mass is 379 g/mol. The number of hydrogen-bond acceptors (Lipinski definition) is 3. The van der Waals surface area contributed by atoms with Crippen molar-refractivity contribution < 1.29 is 8.42 Å². The van der Waals surface area contributed by atoms with Crippen LogP contribution in [0, 0.1) is 17.8 Å². The van der Waals surface area contributed by atoms with E-state index < -0.39 is 10.0 Å². The van der Waals surface area contributed by atoms with Crippen LogP contribution in [0.2, 0.25) is 0 Å². The molecule has 0 amide bonds. The summed E-state index contributed by atoms with van der Waals surface area (Å²) in [4.78, 5) is 2.39. The van der Waals surface area contributed by atoms with Gasteiger partial charge < -0.3 is 10.2 Å². The molecule has 136 valence electrons. The predicted octanol–water partition coefficient (Wildman–Crippen LogP) is 2.93. The molecule has 0 saturated heterocycles. The zero-order chi connectivity index (χ0) is 17.8. The highest BCUT2D eigenvalue weighted by atomic mass is 32.2. The average molecular weight is 380 g/mol. The highest BCUT2D eigenvalue weighted by molar-refractivity contribution is 7.89. The fourth-order valence-electron chi connectivity index (χ4n) is 5.63. The molecule has 0 heterocycles. The van der Waals surface area contributed by atoms with E-state index in [0.29, 0.717) is 5.11 Å². The van der Waals surface area contributed by atoms with Crippen molar-refractivity contribution in [3.05, 3.63) is 24.3 Å². The molecule has 25 heavy (non-hydrogen) atoms. The van der Waals surface area contributed by atoms with Gasteiger partial charge in [0.25, 0.3) is 0 Å². The molecule has 0 atom stereocenters. The van der Waals surface area contributed by atoms with Crippen molar-refractivity contribution in [2.24, 2.45) is 22.9 Å². The van der Waals surface area contributed by atoms with Gasteiger partial charge in [0, 0.05) is 18.3 Å². The van der Waals surface area contributed by atoms with Crippen LogP contribution >= 0.6 is 12.2 Å². The molecule has 7 heteroatoms. The van der Waals surface area contributed by atoms with E-state index in [4.69, 9.17) is 17.4 Å². The smallest absolute Gasteiger partial charge is 0.238 e. The molecule has 4 bridgehead atoms. The van der Waals surface area contributed by atoms with Crippen molar-refractivity contribution in [1.29, 1.82) is 0 Å². The summed E-state index contributed by atoms with van der Waals surface area (Å²) in [5.41, 5.74) is 0.994. The van der Waals surface area contributed by atoms with Crippen molar-refractivity contribution in [3.63, 3.8) is 0 Å². The van der Waals surface area contributed by atoms with Crippen LogP contribution in [0.1, 0.15) is 38.5 Å². The zero-order valence-corrected chi connectivity index (χ0v) is 16.1. The highest BCUT2D eigenvalue weighted by Crippen LogP contribution is 2.57. The zero-order valence-electron chi connectivity index (χ0n) is 14.4. The summed E-state index contributed by atoms with van der Waals surface area (Å²) >= 11 is 5.67. The first kappa shape index (κ1) is 17.2. The fourth-order valence-corrected chi connectivity index (χ4v) is 6.45. The molecule has 4 fully saturated rings. The van der Waals surface area contributed by atoms with Crippen LogP contribution in [-0.4, -0.2) is 31.0 Å². The molecule has 4 aliphatic carbocycles. The van der Waals surface area contributed by atoms with Gasteiger partial charge in [0.2, 0.25) is 10.0 Å². The number of rotatable bonds is 3. The summed E-state index contributed by atoms with van der Waals surface area (Å²) in [5, 5.41) is 9.12. The number of nitrogens with one attached hydrogen (secondary N) is 1. The second-order valence-corrected chi connectivity index (χ2v) is 10.1. The van der Waals surface area contributed by atoms with Gasteiger partial charge in [-0.1, -0.05) is 0 Å². The minimum absolute atomic E-state index is 0.110. The van der Waals surface area contributed by atoms with Crippen molar-refractivity contribution in [3.8, 4) is 0 Å². The number of thiocarbonyl (C=S) groups is 1. The molecule has 5 rings (SSSR count). The lowest BCUT2D eigenvalue weighted by Crippen LogP contribution is -2.60. The normalized spacial score (nSPS) is 33.3. The minimum atomic E-state index is -3.67. The number of anilines is 1. The molecule has 4 saturated carbocycles. The van der Waals surface area contributed by atoms with Crippen molar-refractivity contribution in [1.82, 2.24) is 4.90 Å². The fraction of sp³-hybridized carbons (Fsp3) is 0.611. The predicted molar refractivity (Wildman–Crippen MR) is 103 cm³/mol. The van der Waals surface area contributed by atoms with Crippen molar-refractivity contribution in [2.45, 2.75) is 49.0 Å². The summed E-state index contributed by atoms with van der Waals surface area (Å²) in [6.45, 7) is 0. The molecule has 0 aromatic heterocycles. The van der Waals surface area contributed by atoms with E-state index in [0.717, 1.165) is 23.4 Å². The lowest BCUT2D eigenvalue weighted by molar-refractivity contribution is -0.0538. The summed E-state index contributed by atoms with van der Waals surface area (Å²) in [7, 11) is -1.55. The van der Waals surface area contributed by atoms with E-state index in [1.807, 2.05) is 0 Å². The molecular formula is C18H25N3O2S2. The van der Waals surface area contributed by atoms with Gasteiger partial charge >= 0.3 is 0 Å². The Kier molecular flexibility index (Phi) is 4.09. The SMILES string of the molecule is CN(C(=S)Nc1ccc(S(N)(=O)=O)cc1)C12CC3CC(CC(C3)C1)C2. The maximum Gasteiger partial charge on any atom is 0.238 e. The van der Waals surface area contributed by atoms with E-state index >= 15 is 0 Å². The molecule has 4 aliphatic rings. The largest absolute Gasteiger partial charge is 0.346 e. The van der Waals surface area contributed by atoms with Gasteiger partial charge in [-0.2, -0.15) is 0 Å². The molecule has 5 nitrogen and oxygen atoms in total. The van der Waals surface area contributed by atoms with Crippen LogP contribution in [0.3, 0.4) is 0 Å². The van der Waals surface area contributed by atoms with Gasteiger partial charge in [0.05, 0.1) is 4.90 Å². The van der Waals surface area contributed by atoms with E-state index in [1.54, 1.807) is 12.1 Å². The van der Waals surface area contributed by atoms with Gasteiger partial charge in [-0.15, -0.1) is 0 Å². The quantitative estimate of drug-likeness (QED) is 0.790. The van der Waals surface area contributed by atoms with Gasteiger partial charge in [0.15, 0.2) is 5.11 Å². The Balaban J connectivity index is 1.48. The number of nitrogens with zero attached hydrogens (tertiary/aromatic N) is 1. The lowest BCUT2D eigenvalue weighted by Gasteiger charge is -2.60. The number of nitrogens with two attached hydrogens (primary N) is 1.